The SMILES string of the molecule is CC(C)(C)OC(=O)N1CCC(COC(C(=O)OC(=O)C(C)(C)C)c2cc(C(F)(F)F)cc(C(F)(F)F)c2)(c2ccccc2)CC1. The summed E-state index contributed by atoms with van der Waals surface area (Å²) < 4.78 is 98.6. The van der Waals surface area contributed by atoms with Crippen LogP contribution >= 0.6 is 0 Å². The Bertz CT molecular complexity index is 1340. The first kappa shape index (κ1) is 35.9. The molecule has 1 fully saturated rings. The lowest BCUT2D eigenvalue weighted by Crippen LogP contribution is -2.49. The highest BCUT2D eigenvalue weighted by molar-refractivity contribution is 5.90. The van der Waals surface area contributed by atoms with Gasteiger partial charge in [-0.3, -0.25) is 4.79 Å². The number of piperidine rings is 1. The molecule has 45 heavy (non-hydrogen) atoms. The number of carbonyl (C=O) groups is 3. The molecule has 2 aromatic carbocycles. The number of hydrogen-bond acceptors (Lipinski definition) is 6. The van der Waals surface area contributed by atoms with Crippen LogP contribution in [0, 0.1) is 5.41 Å². The van der Waals surface area contributed by atoms with Crippen molar-refractivity contribution in [2.24, 2.45) is 5.41 Å². The zero-order valence-corrected chi connectivity index (χ0v) is 25.9. The molecule has 248 valence electrons. The van der Waals surface area contributed by atoms with Crippen molar-refractivity contribution < 1.29 is 54.9 Å². The van der Waals surface area contributed by atoms with Crippen molar-refractivity contribution in [1.29, 1.82) is 0 Å². The number of ether oxygens (including phenoxy) is 3. The molecule has 0 bridgehead atoms. The Hall–Kier alpha value is -3.61. The number of amides is 1. The van der Waals surface area contributed by atoms with E-state index in [9.17, 15) is 40.7 Å². The number of esters is 2. The quantitative estimate of drug-likeness (QED) is 0.181. The molecule has 1 unspecified atom stereocenters. The number of nitrogens with zero attached hydrogens (tertiary/aromatic N) is 1. The van der Waals surface area contributed by atoms with Gasteiger partial charge in [0.05, 0.1) is 23.1 Å². The summed E-state index contributed by atoms with van der Waals surface area (Å²) in [6, 6.07) is 9.48. The van der Waals surface area contributed by atoms with E-state index in [1.54, 1.807) is 51.1 Å². The van der Waals surface area contributed by atoms with Gasteiger partial charge in [-0.05, 0) is 83.7 Å². The van der Waals surface area contributed by atoms with Gasteiger partial charge in [0.1, 0.15) is 5.60 Å². The average Bonchev–Trinajstić information content (AvgIpc) is 2.91. The van der Waals surface area contributed by atoms with Crippen LogP contribution in [0.15, 0.2) is 48.5 Å². The number of halogens is 6. The first-order chi connectivity index (χ1) is 20.5. The van der Waals surface area contributed by atoms with E-state index >= 15 is 0 Å². The van der Waals surface area contributed by atoms with Crippen molar-refractivity contribution >= 4 is 18.0 Å². The molecule has 1 heterocycles. The lowest BCUT2D eigenvalue weighted by Gasteiger charge is -2.42. The summed E-state index contributed by atoms with van der Waals surface area (Å²) in [6.45, 7) is 9.45. The minimum atomic E-state index is -5.19. The van der Waals surface area contributed by atoms with E-state index in [-0.39, 0.29) is 38.6 Å². The van der Waals surface area contributed by atoms with E-state index in [0.29, 0.717) is 17.7 Å². The molecule has 0 saturated carbocycles. The zero-order chi connectivity index (χ0) is 34.0. The van der Waals surface area contributed by atoms with E-state index in [1.165, 1.54) is 25.7 Å². The molecule has 3 rings (SSSR count). The Kier molecular flexibility index (Phi) is 10.4. The summed E-state index contributed by atoms with van der Waals surface area (Å²) in [7, 11) is 0. The topological polar surface area (TPSA) is 82.1 Å². The van der Waals surface area contributed by atoms with Crippen LogP contribution in [-0.2, 0) is 41.6 Å². The molecule has 0 N–H and O–H groups in total. The molecule has 0 aliphatic carbocycles. The van der Waals surface area contributed by atoms with E-state index in [1.807, 2.05) is 0 Å². The zero-order valence-electron chi connectivity index (χ0n) is 25.9. The maximum Gasteiger partial charge on any atom is 0.416 e. The summed E-state index contributed by atoms with van der Waals surface area (Å²) in [5.74, 6) is -2.51. The normalized spacial score (nSPS) is 16.6. The molecule has 1 aliphatic heterocycles. The number of rotatable bonds is 6. The smallest absolute Gasteiger partial charge is 0.416 e. The molecule has 0 spiro atoms. The number of alkyl halides is 6. The molecular weight excluding hydrogens is 608 g/mol. The van der Waals surface area contributed by atoms with Crippen molar-refractivity contribution in [3.05, 3.63) is 70.8 Å². The minimum absolute atomic E-state index is 0.0654. The second-order valence-corrected chi connectivity index (χ2v) is 13.1. The summed E-state index contributed by atoms with van der Waals surface area (Å²) in [4.78, 5) is 40.1. The largest absolute Gasteiger partial charge is 0.444 e. The number of benzene rings is 2. The van der Waals surface area contributed by atoms with Crippen LogP contribution in [0.25, 0.3) is 0 Å². The van der Waals surface area contributed by atoms with Crippen LogP contribution < -0.4 is 0 Å². The molecule has 0 radical (unpaired) electrons. The number of carbonyl (C=O) groups excluding carboxylic acids is 3. The second-order valence-electron chi connectivity index (χ2n) is 13.1. The predicted octanol–water partition coefficient (Wildman–Crippen LogP) is 7.87. The molecule has 1 aliphatic rings. The van der Waals surface area contributed by atoms with E-state index in [2.05, 4.69) is 0 Å². The van der Waals surface area contributed by atoms with Crippen LogP contribution in [0.3, 0.4) is 0 Å². The van der Waals surface area contributed by atoms with Gasteiger partial charge < -0.3 is 19.1 Å². The molecule has 1 amide bonds. The Morgan fingerprint density at radius 3 is 1.78 bits per heavy atom. The first-order valence-electron chi connectivity index (χ1n) is 14.2. The maximum atomic E-state index is 13.7. The Morgan fingerprint density at radius 1 is 0.822 bits per heavy atom. The van der Waals surface area contributed by atoms with Crippen molar-refractivity contribution in [2.75, 3.05) is 19.7 Å². The first-order valence-corrected chi connectivity index (χ1v) is 14.2. The summed E-state index contributed by atoms with van der Waals surface area (Å²) in [6.07, 6.45) is -12.5. The van der Waals surface area contributed by atoms with E-state index in [4.69, 9.17) is 14.2 Å². The summed E-state index contributed by atoms with van der Waals surface area (Å²) >= 11 is 0. The van der Waals surface area contributed by atoms with Crippen molar-refractivity contribution in [3.63, 3.8) is 0 Å². The Morgan fingerprint density at radius 2 is 1.33 bits per heavy atom. The molecule has 2 aromatic rings. The van der Waals surface area contributed by atoms with Gasteiger partial charge in [-0.2, -0.15) is 26.3 Å². The van der Waals surface area contributed by atoms with Gasteiger partial charge in [0, 0.05) is 18.5 Å². The lowest BCUT2D eigenvalue weighted by atomic mass is 9.73. The van der Waals surface area contributed by atoms with Gasteiger partial charge in [-0.15, -0.1) is 0 Å². The van der Waals surface area contributed by atoms with E-state index < -0.39 is 69.6 Å². The van der Waals surface area contributed by atoms with Crippen molar-refractivity contribution in [1.82, 2.24) is 4.90 Å². The second kappa shape index (κ2) is 13.0. The highest BCUT2D eigenvalue weighted by Gasteiger charge is 2.43. The summed E-state index contributed by atoms with van der Waals surface area (Å²) in [5, 5.41) is 0. The predicted molar refractivity (Wildman–Crippen MR) is 151 cm³/mol. The van der Waals surface area contributed by atoms with Gasteiger partial charge in [0.2, 0.25) is 0 Å². The van der Waals surface area contributed by atoms with Gasteiger partial charge in [0.25, 0.3) is 0 Å². The van der Waals surface area contributed by atoms with Gasteiger partial charge in [-0.1, -0.05) is 30.3 Å². The van der Waals surface area contributed by atoms with Crippen LogP contribution in [0.5, 0.6) is 0 Å². The lowest BCUT2D eigenvalue weighted by molar-refractivity contribution is -0.175. The van der Waals surface area contributed by atoms with Gasteiger partial charge >= 0.3 is 30.4 Å². The van der Waals surface area contributed by atoms with Crippen molar-refractivity contribution in [3.8, 4) is 0 Å². The third-order valence-electron chi connectivity index (χ3n) is 7.22. The highest BCUT2D eigenvalue weighted by atomic mass is 19.4. The Labute approximate surface area is 257 Å². The van der Waals surface area contributed by atoms with Crippen LogP contribution in [0.1, 0.15) is 82.7 Å². The monoisotopic (exact) mass is 645 g/mol. The van der Waals surface area contributed by atoms with Gasteiger partial charge in [-0.25, -0.2) is 9.59 Å². The van der Waals surface area contributed by atoms with Crippen molar-refractivity contribution in [2.45, 2.75) is 83.9 Å². The minimum Gasteiger partial charge on any atom is -0.444 e. The fourth-order valence-corrected chi connectivity index (χ4v) is 4.72. The van der Waals surface area contributed by atoms with Crippen LogP contribution in [-0.4, -0.2) is 48.2 Å². The van der Waals surface area contributed by atoms with Crippen LogP contribution in [0.2, 0.25) is 0 Å². The Balaban J connectivity index is 2.04. The molecule has 0 aromatic heterocycles. The summed E-state index contributed by atoms with van der Waals surface area (Å²) in [5.41, 5.74) is -6.25. The number of hydrogen-bond donors (Lipinski definition) is 0. The average molecular weight is 646 g/mol. The molecular formula is C32H37F6NO6. The van der Waals surface area contributed by atoms with E-state index in [0.717, 1.165) is 0 Å². The molecule has 13 heteroatoms. The van der Waals surface area contributed by atoms with Crippen LogP contribution in [0.4, 0.5) is 31.1 Å². The maximum absolute atomic E-state index is 13.7. The fourth-order valence-electron chi connectivity index (χ4n) is 4.72. The third-order valence-corrected chi connectivity index (χ3v) is 7.22. The molecule has 1 saturated heterocycles. The number of likely N-dealkylation sites (tertiary alicyclic amines) is 1. The molecule has 1 atom stereocenters. The third kappa shape index (κ3) is 9.44. The highest BCUT2D eigenvalue weighted by Crippen LogP contribution is 2.41. The fraction of sp³-hybridized carbons (Fsp3) is 0.531. The standard InChI is InChI=1S/C32H37F6NO6/c1-28(2,3)26(41)44-25(40)24(20-16-22(31(33,34)35)18-23(17-20)32(36,37)38)43-19-30(21-10-8-7-9-11-21)12-14-39(15-13-30)27(42)45-29(4,5)6/h7-11,16-18,24H,12-15,19H2,1-6H3. The van der Waals surface area contributed by atoms with Gasteiger partial charge in [0.15, 0.2) is 6.10 Å². The molecule has 7 nitrogen and oxygen atoms in total.